The third kappa shape index (κ3) is 4.01. The molecule has 0 radical (unpaired) electrons. The molecular formula is C15H19FN2O3. The molecule has 1 aromatic carbocycles. The Hall–Kier alpha value is -1.95. The fraction of sp³-hybridized carbons (Fsp3) is 0.467. The van der Waals surface area contributed by atoms with E-state index in [-0.39, 0.29) is 24.8 Å². The van der Waals surface area contributed by atoms with E-state index in [9.17, 15) is 14.0 Å². The third-order valence-corrected chi connectivity index (χ3v) is 3.44. The monoisotopic (exact) mass is 294 g/mol. The summed E-state index contributed by atoms with van der Waals surface area (Å²) in [5.41, 5.74) is 0.515. The third-order valence-electron chi connectivity index (χ3n) is 3.44. The minimum absolute atomic E-state index is 0.0197. The first-order chi connectivity index (χ1) is 10.1. The number of carbonyl (C=O) groups is 2. The highest BCUT2D eigenvalue weighted by Crippen LogP contribution is 2.16. The van der Waals surface area contributed by atoms with Gasteiger partial charge in [-0.15, -0.1) is 0 Å². The molecule has 5 nitrogen and oxygen atoms in total. The summed E-state index contributed by atoms with van der Waals surface area (Å²) >= 11 is 0. The molecule has 1 saturated heterocycles. The molecule has 0 bridgehead atoms. The molecule has 0 aromatic heterocycles. The number of esters is 1. The summed E-state index contributed by atoms with van der Waals surface area (Å²) in [6.45, 7) is 3.36. The van der Waals surface area contributed by atoms with Crippen LogP contribution in [0.2, 0.25) is 0 Å². The molecule has 1 fully saturated rings. The number of hydrogen-bond acceptors (Lipinski definition) is 4. The molecule has 1 aromatic rings. The maximum absolute atomic E-state index is 13.7. The van der Waals surface area contributed by atoms with Crippen molar-refractivity contribution in [1.82, 2.24) is 10.2 Å². The molecule has 114 valence electrons. The van der Waals surface area contributed by atoms with Crippen LogP contribution in [0.3, 0.4) is 0 Å². The number of nitrogens with zero attached hydrogens (tertiary/aromatic N) is 1. The zero-order valence-corrected chi connectivity index (χ0v) is 12.0. The number of hydrogen-bond donors (Lipinski definition) is 1. The lowest BCUT2D eigenvalue weighted by molar-refractivity contribution is -0.148. The van der Waals surface area contributed by atoms with Crippen molar-refractivity contribution >= 4 is 11.9 Å². The summed E-state index contributed by atoms with van der Waals surface area (Å²) in [5.74, 6) is -0.943. The van der Waals surface area contributed by atoms with Crippen LogP contribution < -0.4 is 5.32 Å². The fourth-order valence-corrected chi connectivity index (χ4v) is 2.40. The number of halogens is 1. The van der Waals surface area contributed by atoms with Gasteiger partial charge in [0.2, 0.25) is 5.91 Å². The average Bonchev–Trinajstić information content (AvgIpc) is 2.45. The predicted octanol–water partition coefficient (Wildman–Crippen LogP) is 1.08. The van der Waals surface area contributed by atoms with Gasteiger partial charge in [-0.1, -0.05) is 18.2 Å². The van der Waals surface area contributed by atoms with Gasteiger partial charge in [0, 0.05) is 25.2 Å². The van der Waals surface area contributed by atoms with Crippen LogP contribution in [0, 0.1) is 5.82 Å². The van der Waals surface area contributed by atoms with Crippen molar-refractivity contribution in [2.75, 3.05) is 19.7 Å². The molecule has 1 N–H and O–H groups in total. The minimum atomic E-state index is -0.614. The van der Waals surface area contributed by atoms with E-state index in [1.165, 1.54) is 6.07 Å². The van der Waals surface area contributed by atoms with Crippen LogP contribution in [0.5, 0.6) is 0 Å². The Bertz CT molecular complexity index is 521. The van der Waals surface area contributed by atoms with Crippen molar-refractivity contribution in [2.45, 2.75) is 25.9 Å². The summed E-state index contributed by atoms with van der Waals surface area (Å²) in [5, 5.41) is 2.73. The molecule has 1 aliphatic rings. The van der Waals surface area contributed by atoms with Crippen molar-refractivity contribution < 1.29 is 18.7 Å². The van der Waals surface area contributed by atoms with Gasteiger partial charge in [0.1, 0.15) is 11.9 Å². The highest BCUT2D eigenvalue weighted by Gasteiger charge is 2.32. The Morgan fingerprint density at radius 1 is 1.48 bits per heavy atom. The van der Waals surface area contributed by atoms with Crippen LogP contribution in [-0.2, 0) is 20.9 Å². The highest BCUT2D eigenvalue weighted by molar-refractivity contribution is 5.87. The van der Waals surface area contributed by atoms with Gasteiger partial charge in [0.25, 0.3) is 0 Å². The van der Waals surface area contributed by atoms with Gasteiger partial charge in [-0.25, -0.2) is 4.39 Å². The molecule has 2 rings (SSSR count). The van der Waals surface area contributed by atoms with E-state index >= 15 is 0 Å². The largest absolute Gasteiger partial charge is 0.466 e. The standard InChI is InChI=1S/C15H19FN2O3/c1-2-21-14(19)9-13-15(20)17-7-8-18(13)10-11-5-3-4-6-12(11)16/h3-6,13H,2,7-10H2,1H3,(H,17,20)/t13-/m0/s1. The fourth-order valence-electron chi connectivity index (χ4n) is 2.40. The van der Waals surface area contributed by atoms with Gasteiger partial charge in [0.15, 0.2) is 0 Å². The number of carbonyl (C=O) groups excluding carboxylic acids is 2. The summed E-state index contributed by atoms with van der Waals surface area (Å²) in [7, 11) is 0. The molecule has 1 atom stereocenters. The summed E-state index contributed by atoms with van der Waals surface area (Å²) in [6, 6.07) is 5.83. The van der Waals surface area contributed by atoms with Crippen molar-refractivity contribution in [3.8, 4) is 0 Å². The lowest BCUT2D eigenvalue weighted by atomic mass is 10.1. The Kier molecular flexibility index (Phi) is 5.27. The second-order valence-corrected chi connectivity index (χ2v) is 4.88. The van der Waals surface area contributed by atoms with Crippen molar-refractivity contribution in [3.63, 3.8) is 0 Å². The summed E-state index contributed by atoms with van der Waals surface area (Å²) < 4.78 is 18.6. The highest BCUT2D eigenvalue weighted by atomic mass is 19.1. The van der Waals surface area contributed by atoms with Gasteiger partial charge >= 0.3 is 5.97 Å². The van der Waals surface area contributed by atoms with Gasteiger partial charge in [-0.2, -0.15) is 0 Å². The number of benzene rings is 1. The summed E-state index contributed by atoms with van der Waals surface area (Å²) in [6.07, 6.45) is -0.0197. The topological polar surface area (TPSA) is 58.6 Å². The first-order valence-corrected chi connectivity index (χ1v) is 7.02. The van der Waals surface area contributed by atoms with Crippen molar-refractivity contribution in [2.24, 2.45) is 0 Å². The zero-order chi connectivity index (χ0) is 15.2. The van der Waals surface area contributed by atoms with Crippen LogP contribution in [-0.4, -0.2) is 42.5 Å². The minimum Gasteiger partial charge on any atom is -0.466 e. The molecule has 0 spiro atoms. The summed E-state index contributed by atoms with van der Waals surface area (Å²) in [4.78, 5) is 25.4. The van der Waals surface area contributed by atoms with Gasteiger partial charge in [-0.05, 0) is 13.0 Å². The van der Waals surface area contributed by atoms with Crippen LogP contribution in [0.25, 0.3) is 0 Å². The first kappa shape index (κ1) is 15.4. The Morgan fingerprint density at radius 3 is 2.95 bits per heavy atom. The smallest absolute Gasteiger partial charge is 0.307 e. The maximum atomic E-state index is 13.7. The number of piperazine rings is 1. The van der Waals surface area contributed by atoms with Crippen LogP contribution in [0.4, 0.5) is 4.39 Å². The number of amides is 1. The van der Waals surface area contributed by atoms with Gasteiger partial charge in [0.05, 0.1) is 13.0 Å². The average molecular weight is 294 g/mol. The lowest BCUT2D eigenvalue weighted by Crippen LogP contribution is -2.55. The molecular weight excluding hydrogens is 275 g/mol. The molecule has 21 heavy (non-hydrogen) atoms. The van der Waals surface area contributed by atoms with E-state index in [0.29, 0.717) is 25.2 Å². The molecule has 6 heteroatoms. The second-order valence-electron chi connectivity index (χ2n) is 4.88. The normalized spacial score (nSPS) is 19.1. The van der Waals surface area contributed by atoms with Crippen LogP contribution in [0.15, 0.2) is 24.3 Å². The van der Waals surface area contributed by atoms with E-state index in [4.69, 9.17) is 4.74 Å². The van der Waals surface area contributed by atoms with E-state index < -0.39 is 12.0 Å². The molecule has 0 saturated carbocycles. The van der Waals surface area contributed by atoms with E-state index in [2.05, 4.69) is 5.32 Å². The lowest BCUT2D eigenvalue weighted by Gasteiger charge is -2.34. The Morgan fingerprint density at radius 2 is 2.24 bits per heavy atom. The Labute approximate surface area is 123 Å². The maximum Gasteiger partial charge on any atom is 0.307 e. The van der Waals surface area contributed by atoms with E-state index in [1.54, 1.807) is 25.1 Å². The SMILES string of the molecule is CCOC(=O)C[C@H]1C(=O)NCCN1Cc1ccccc1F. The molecule has 1 amide bonds. The van der Waals surface area contributed by atoms with Gasteiger partial charge in [-0.3, -0.25) is 14.5 Å². The zero-order valence-electron chi connectivity index (χ0n) is 12.0. The Balaban J connectivity index is 2.09. The quantitative estimate of drug-likeness (QED) is 0.826. The van der Waals surface area contributed by atoms with E-state index in [0.717, 1.165) is 0 Å². The van der Waals surface area contributed by atoms with Gasteiger partial charge < -0.3 is 10.1 Å². The number of nitrogens with one attached hydrogen (secondary N) is 1. The number of rotatable bonds is 5. The number of ether oxygens (including phenoxy) is 1. The first-order valence-electron chi connectivity index (χ1n) is 7.02. The van der Waals surface area contributed by atoms with E-state index in [1.807, 2.05) is 4.90 Å². The second kappa shape index (κ2) is 7.17. The molecule has 1 heterocycles. The van der Waals surface area contributed by atoms with Crippen molar-refractivity contribution in [1.29, 1.82) is 0 Å². The predicted molar refractivity (Wildman–Crippen MR) is 74.9 cm³/mol. The molecule has 0 aliphatic carbocycles. The van der Waals surface area contributed by atoms with Crippen LogP contribution >= 0.6 is 0 Å². The molecule has 0 unspecified atom stereocenters. The van der Waals surface area contributed by atoms with Crippen LogP contribution in [0.1, 0.15) is 18.9 Å². The van der Waals surface area contributed by atoms with Crippen molar-refractivity contribution in [3.05, 3.63) is 35.6 Å². The molecule has 1 aliphatic heterocycles.